The van der Waals surface area contributed by atoms with Gasteiger partial charge in [-0.15, -0.1) is 0 Å². The number of aromatic nitrogens is 1. The maximum absolute atomic E-state index is 13.7. The van der Waals surface area contributed by atoms with Gasteiger partial charge in [0.05, 0.1) is 10.4 Å². The molecule has 35 heavy (non-hydrogen) atoms. The van der Waals surface area contributed by atoms with Crippen LogP contribution < -0.4 is 0 Å². The Bertz CT molecular complexity index is 1450. The zero-order chi connectivity index (χ0) is 25.3. The molecule has 1 aliphatic heterocycles. The number of benzene rings is 2. The van der Waals surface area contributed by atoms with Crippen molar-refractivity contribution in [3.8, 4) is 6.07 Å². The van der Waals surface area contributed by atoms with Crippen LogP contribution in [-0.2, 0) is 16.6 Å². The van der Waals surface area contributed by atoms with Crippen molar-refractivity contribution in [2.24, 2.45) is 0 Å². The molecule has 1 atom stereocenters. The van der Waals surface area contributed by atoms with Gasteiger partial charge in [-0.05, 0) is 49.2 Å². The minimum Gasteiger partial charge on any atom is -0.382 e. The molecule has 2 heterocycles. The zero-order valence-corrected chi connectivity index (χ0v) is 20.7. The lowest BCUT2D eigenvalue weighted by Crippen LogP contribution is -2.20. The monoisotopic (exact) mass is 494 g/mol. The summed E-state index contributed by atoms with van der Waals surface area (Å²) < 4.78 is 42.1. The average molecular weight is 495 g/mol. The number of hydrogen-bond donors (Lipinski definition) is 0. The fraction of sp³-hybridized carbons (Fsp3) is 0.308. The molecule has 1 fully saturated rings. The number of allylic oxidation sites excluding steroid dienone is 1. The molecule has 182 valence electrons. The standard InChI is InChI=1S/C26H27FN4O3S/c1-18-4-7-23(8-5-18)35(33,34)31-24-9-6-19(15-30-11-10-22(27)17-30)12-20(24)13-25(31)26(32)21(14-28)16-29(2)3/h4-9,12-13,16,22H,10-11,15,17H2,1-3H3/t22-/m1/s1. The first-order valence-corrected chi connectivity index (χ1v) is 12.7. The van der Waals surface area contributed by atoms with E-state index < -0.39 is 22.0 Å². The van der Waals surface area contributed by atoms with Crippen LogP contribution in [0, 0.1) is 18.3 Å². The van der Waals surface area contributed by atoms with Crippen molar-refractivity contribution in [2.75, 3.05) is 27.2 Å². The number of ketones is 1. The number of likely N-dealkylation sites (tertiary alicyclic amines) is 1. The predicted octanol–water partition coefficient (Wildman–Crippen LogP) is 3.88. The van der Waals surface area contributed by atoms with Crippen LogP contribution in [0.4, 0.5) is 4.39 Å². The summed E-state index contributed by atoms with van der Waals surface area (Å²) in [5.41, 5.74) is 1.84. The van der Waals surface area contributed by atoms with E-state index in [0.29, 0.717) is 37.0 Å². The second-order valence-electron chi connectivity index (χ2n) is 9.07. The Hall–Kier alpha value is -3.48. The minimum atomic E-state index is -4.14. The Morgan fingerprint density at radius 2 is 1.91 bits per heavy atom. The van der Waals surface area contributed by atoms with Crippen LogP contribution >= 0.6 is 0 Å². The van der Waals surface area contributed by atoms with Crippen LogP contribution in [-0.4, -0.2) is 61.3 Å². The number of halogens is 1. The second-order valence-corrected chi connectivity index (χ2v) is 10.9. The molecule has 4 rings (SSSR count). The third kappa shape index (κ3) is 4.99. The zero-order valence-electron chi connectivity index (χ0n) is 19.9. The lowest BCUT2D eigenvalue weighted by atomic mass is 10.1. The smallest absolute Gasteiger partial charge is 0.268 e. The van der Waals surface area contributed by atoms with Gasteiger partial charge in [0, 0.05) is 45.3 Å². The summed E-state index contributed by atoms with van der Waals surface area (Å²) in [6.45, 7) is 3.41. The predicted molar refractivity (Wildman–Crippen MR) is 132 cm³/mol. The van der Waals surface area contributed by atoms with Crippen LogP contribution in [0.1, 0.15) is 28.0 Å². The third-order valence-electron chi connectivity index (χ3n) is 5.99. The number of Topliss-reactive ketones (excluding diaryl/α,β-unsaturated/α-hetero) is 1. The number of rotatable bonds is 7. The number of alkyl halides is 1. The van der Waals surface area contributed by atoms with Crippen molar-refractivity contribution >= 4 is 26.7 Å². The van der Waals surface area contributed by atoms with E-state index in [4.69, 9.17) is 0 Å². The van der Waals surface area contributed by atoms with Crippen molar-refractivity contribution in [1.29, 1.82) is 5.26 Å². The minimum absolute atomic E-state index is 0.0416. The molecule has 0 amide bonds. The fourth-order valence-corrected chi connectivity index (χ4v) is 5.80. The molecule has 3 aromatic rings. The van der Waals surface area contributed by atoms with Gasteiger partial charge in [-0.3, -0.25) is 9.69 Å². The van der Waals surface area contributed by atoms with Crippen molar-refractivity contribution in [3.05, 3.63) is 77.1 Å². The van der Waals surface area contributed by atoms with Gasteiger partial charge in [-0.2, -0.15) is 5.26 Å². The van der Waals surface area contributed by atoms with Crippen LogP contribution in [0.15, 0.2) is 65.2 Å². The number of aryl methyl sites for hydroxylation is 1. The number of fused-ring (bicyclic) bond motifs is 1. The highest BCUT2D eigenvalue weighted by Gasteiger charge is 2.29. The highest BCUT2D eigenvalue weighted by Crippen LogP contribution is 2.29. The molecule has 1 aliphatic rings. The highest BCUT2D eigenvalue weighted by molar-refractivity contribution is 7.90. The molecule has 0 N–H and O–H groups in total. The molecule has 0 saturated carbocycles. The lowest BCUT2D eigenvalue weighted by Gasteiger charge is -2.15. The molecule has 1 aromatic heterocycles. The summed E-state index contributed by atoms with van der Waals surface area (Å²) in [4.78, 5) is 17.0. The van der Waals surface area contributed by atoms with Gasteiger partial charge in [0.15, 0.2) is 0 Å². The van der Waals surface area contributed by atoms with Crippen molar-refractivity contribution in [2.45, 2.75) is 31.0 Å². The third-order valence-corrected chi connectivity index (χ3v) is 7.73. The molecular weight excluding hydrogens is 467 g/mol. The van der Waals surface area contributed by atoms with E-state index in [2.05, 4.69) is 0 Å². The quantitative estimate of drug-likeness (QED) is 0.282. The summed E-state index contributed by atoms with van der Waals surface area (Å²) in [5, 5.41) is 10.1. The number of hydrogen-bond acceptors (Lipinski definition) is 6. The van der Waals surface area contributed by atoms with E-state index in [1.54, 1.807) is 43.3 Å². The number of carbonyl (C=O) groups excluding carboxylic acids is 1. The molecule has 0 unspecified atom stereocenters. The number of carbonyl (C=O) groups is 1. The summed E-state index contributed by atoms with van der Waals surface area (Å²) in [6, 6.07) is 15.1. The lowest BCUT2D eigenvalue weighted by molar-refractivity contribution is 0.103. The van der Waals surface area contributed by atoms with E-state index in [9.17, 15) is 22.9 Å². The molecule has 1 saturated heterocycles. The molecule has 0 radical (unpaired) electrons. The summed E-state index contributed by atoms with van der Waals surface area (Å²) in [7, 11) is -0.789. The Labute approximate surface area is 204 Å². The molecule has 0 bridgehead atoms. The molecule has 9 heteroatoms. The van der Waals surface area contributed by atoms with Gasteiger partial charge < -0.3 is 4.90 Å². The Kier molecular flexibility index (Phi) is 6.79. The molecule has 7 nitrogen and oxygen atoms in total. The van der Waals surface area contributed by atoms with E-state index in [0.717, 1.165) is 15.1 Å². The molecule has 0 aliphatic carbocycles. The topological polar surface area (TPSA) is 86.4 Å². The average Bonchev–Trinajstić information content (AvgIpc) is 3.40. The normalized spacial score (nSPS) is 17.0. The SMILES string of the molecule is Cc1ccc(S(=O)(=O)n2c(C(=O)C(C#N)=CN(C)C)cc3cc(CN4CC[C@@H](F)C4)ccc32)cc1. The van der Waals surface area contributed by atoms with E-state index >= 15 is 0 Å². The molecular formula is C26H27FN4O3S. The number of nitriles is 1. The molecule has 2 aromatic carbocycles. The fourth-order valence-electron chi connectivity index (χ4n) is 4.29. The van der Waals surface area contributed by atoms with Gasteiger partial charge in [-0.1, -0.05) is 23.8 Å². The van der Waals surface area contributed by atoms with Crippen molar-refractivity contribution in [1.82, 2.24) is 13.8 Å². The number of nitrogens with zero attached hydrogens (tertiary/aromatic N) is 4. The van der Waals surface area contributed by atoms with E-state index in [1.165, 1.54) is 24.4 Å². The summed E-state index contributed by atoms with van der Waals surface area (Å²) >= 11 is 0. The largest absolute Gasteiger partial charge is 0.382 e. The van der Waals surface area contributed by atoms with Crippen LogP contribution in [0.5, 0.6) is 0 Å². The summed E-state index contributed by atoms with van der Waals surface area (Å²) in [6.07, 6.45) is 1.03. The maximum Gasteiger partial charge on any atom is 0.268 e. The summed E-state index contributed by atoms with van der Waals surface area (Å²) in [5.74, 6) is -0.686. The Morgan fingerprint density at radius 3 is 2.51 bits per heavy atom. The van der Waals surface area contributed by atoms with Gasteiger partial charge >= 0.3 is 0 Å². The van der Waals surface area contributed by atoms with E-state index in [-0.39, 0.29) is 16.2 Å². The first-order valence-electron chi connectivity index (χ1n) is 11.3. The van der Waals surface area contributed by atoms with Crippen LogP contribution in [0.2, 0.25) is 0 Å². The first-order chi connectivity index (χ1) is 16.6. The van der Waals surface area contributed by atoms with Gasteiger partial charge in [0.2, 0.25) is 5.78 Å². The van der Waals surface area contributed by atoms with Gasteiger partial charge in [0.1, 0.15) is 23.5 Å². The highest BCUT2D eigenvalue weighted by atomic mass is 32.2. The molecule has 0 spiro atoms. The van der Waals surface area contributed by atoms with Crippen molar-refractivity contribution < 1.29 is 17.6 Å². The Balaban J connectivity index is 1.87. The van der Waals surface area contributed by atoms with Gasteiger partial charge in [-0.25, -0.2) is 16.8 Å². The van der Waals surface area contributed by atoms with Gasteiger partial charge in [0.25, 0.3) is 10.0 Å². The van der Waals surface area contributed by atoms with E-state index in [1.807, 2.05) is 24.0 Å². The maximum atomic E-state index is 13.7. The first kappa shape index (κ1) is 24.6. The Morgan fingerprint density at radius 1 is 1.20 bits per heavy atom. The van der Waals surface area contributed by atoms with Crippen LogP contribution in [0.3, 0.4) is 0 Å². The van der Waals surface area contributed by atoms with Crippen LogP contribution in [0.25, 0.3) is 10.9 Å². The van der Waals surface area contributed by atoms with Crippen molar-refractivity contribution in [3.63, 3.8) is 0 Å². The second kappa shape index (κ2) is 9.64.